The second-order valence-corrected chi connectivity index (χ2v) is 6.93. The van der Waals surface area contributed by atoms with E-state index in [0.717, 1.165) is 28.5 Å². The Morgan fingerprint density at radius 3 is 2.40 bits per heavy atom. The van der Waals surface area contributed by atoms with Crippen LogP contribution in [0.5, 0.6) is 0 Å². The molecule has 0 unspecified atom stereocenters. The van der Waals surface area contributed by atoms with Crippen molar-refractivity contribution in [2.24, 2.45) is 5.92 Å². The largest absolute Gasteiger partial charge is 0.416 e. The fraction of sp³-hybridized carbons (Fsp3) is 0.238. The van der Waals surface area contributed by atoms with Crippen molar-refractivity contribution in [3.05, 3.63) is 59.8 Å². The van der Waals surface area contributed by atoms with E-state index in [4.69, 9.17) is 4.42 Å². The Morgan fingerprint density at radius 2 is 1.68 bits per heavy atom. The third-order valence-electron chi connectivity index (χ3n) is 4.44. The topological polar surface area (TPSA) is 54.7 Å². The van der Waals surface area contributed by atoms with Crippen molar-refractivity contribution in [3.63, 3.8) is 0 Å². The number of hydrogen-bond donors (Lipinski definition) is 1. The van der Waals surface area contributed by atoms with Gasteiger partial charge in [0.2, 0.25) is 11.8 Å². The Balaban J connectivity index is 1.65. The molecule has 2 heterocycles. The van der Waals surface area contributed by atoms with Crippen LogP contribution >= 0.6 is 0 Å². The molecule has 0 saturated carbocycles. The highest BCUT2D eigenvalue weighted by Crippen LogP contribution is 2.27. The van der Waals surface area contributed by atoms with Gasteiger partial charge in [0.25, 0.3) is 0 Å². The van der Waals surface area contributed by atoms with Gasteiger partial charge in [0, 0.05) is 28.2 Å². The molecule has 0 aliphatic heterocycles. The zero-order valence-corrected chi connectivity index (χ0v) is 14.7. The van der Waals surface area contributed by atoms with E-state index in [9.17, 15) is 0 Å². The van der Waals surface area contributed by atoms with Gasteiger partial charge in [-0.3, -0.25) is 0 Å². The number of H-pyrrole nitrogens is 1. The standard InChI is InChI=1S/C21H21N3O/c1-13(2)10-15-4-5-17(11-14(15)3)20-23-24-21(25-20)18-6-7-19-16(12-18)8-9-22-19/h4-9,11-13,22H,10H2,1-3H3. The van der Waals surface area contributed by atoms with Crippen LogP contribution in [0, 0.1) is 12.8 Å². The van der Waals surface area contributed by atoms with Crippen molar-refractivity contribution in [1.82, 2.24) is 15.2 Å². The molecule has 1 N–H and O–H groups in total. The van der Waals surface area contributed by atoms with Crippen molar-refractivity contribution in [2.45, 2.75) is 27.2 Å². The number of aryl methyl sites for hydroxylation is 1. The predicted molar refractivity (Wildman–Crippen MR) is 100 cm³/mol. The minimum atomic E-state index is 0.544. The van der Waals surface area contributed by atoms with Crippen LogP contribution in [0.15, 0.2) is 53.1 Å². The lowest BCUT2D eigenvalue weighted by Gasteiger charge is -2.09. The summed E-state index contributed by atoms with van der Waals surface area (Å²) < 4.78 is 5.92. The van der Waals surface area contributed by atoms with Crippen LogP contribution in [0.2, 0.25) is 0 Å². The first-order chi connectivity index (χ1) is 12.1. The number of nitrogens with one attached hydrogen (secondary N) is 1. The molecule has 0 fully saturated rings. The van der Waals surface area contributed by atoms with Crippen LogP contribution in [0.3, 0.4) is 0 Å². The highest BCUT2D eigenvalue weighted by molar-refractivity contribution is 5.83. The van der Waals surface area contributed by atoms with E-state index in [2.05, 4.69) is 60.2 Å². The smallest absolute Gasteiger partial charge is 0.248 e. The molecule has 0 aliphatic carbocycles. The minimum absolute atomic E-state index is 0.544. The molecule has 126 valence electrons. The second-order valence-electron chi connectivity index (χ2n) is 6.93. The van der Waals surface area contributed by atoms with Gasteiger partial charge in [0.15, 0.2) is 0 Å². The summed E-state index contributed by atoms with van der Waals surface area (Å²) in [6.07, 6.45) is 3.01. The van der Waals surface area contributed by atoms with Crippen molar-refractivity contribution in [2.75, 3.05) is 0 Å². The number of aromatic amines is 1. The molecule has 25 heavy (non-hydrogen) atoms. The van der Waals surface area contributed by atoms with Gasteiger partial charge < -0.3 is 9.40 Å². The van der Waals surface area contributed by atoms with Gasteiger partial charge in [0.05, 0.1) is 0 Å². The van der Waals surface area contributed by atoms with Crippen LogP contribution in [0.25, 0.3) is 33.8 Å². The van der Waals surface area contributed by atoms with Crippen LogP contribution in [0.1, 0.15) is 25.0 Å². The molecule has 2 aromatic carbocycles. The second kappa shape index (κ2) is 6.20. The van der Waals surface area contributed by atoms with Gasteiger partial charge in [-0.2, -0.15) is 0 Å². The zero-order chi connectivity index (χ0) is 17.4. The summed E-state index contributed by atoms with van der Waals surface area (Å²) in [7, 11) is 0. The van der Waals surface area contributed by atoms with Crippen LogP contribution in [-0.2, 0) is 6.42 Å². The quantitative estimate of drug-likeness (QED) is 0.545. The first-order valence-electron chi connectivity index (χ1n) is 8.61. The zero-order valence-electron chi connectivity index (χ0n) is 14.7. The summed E-state index contributed by atoms with van der Waals surface area (Å²) in [4.78, 5) is 3.19. The number of rotatable bonds is 4. The van der Waals surface area contributed by atoms with E-state index in [1.54, 1.807) is 0 Å². The fourth-order valence-electron chi connectivity index (χ4n) is 3.14. The van der Waals surface area contributed by atoms with Gasteiger partial charge in [-0.25, -0.2) is 0 Å². The summed E-state index contributed by atoms with van der Waals surface area (Å²) in [6, 6.07) is 14.5. The Labute approximate surface area is 146 Å². The number of benzene rings is 2. The Bertz CT molecular complexity index is 1030. The van der Waals surface area contributed by atoms with E-state index >= 15 is 0 Å². The molecule has 4 aromatic rings. The van der Waals surface area contributed by atoms with E-state index in [0.29, 0.717) is 17.7 Å². The molecule has 0 amide bonds. The van der Waals surface area contributed by atoms with E-state index in [1.165, 1.54) is 11.1 Å². The van der Waals surface area contributed by atoms with Gasteiger partial charge in [0.1, 0.15) is 0 Å². The Hall–Kier alpha value is -2.88. The monoisotopic (exact) mass is 331 g/mol. The average molecular weight is 331 g/mol. The highest BCUT2D eigenvalue weighted by atomic mass is 16.4. The lowest BCUT2D eigenvalue weighted by atomic mass is 9.97. The molecule has 0 atom stereocenters. The van der Waals surface area contributed by atoms with Gasteiger partial charge in [-0.15, -0.1) is 10.2 Å². The van der Waals surface area contributed by atoms with Gasteiger partial charge >= 0.3 is 0 Å². The summed E-state index contributed by atoms with van der Waals surface area (Å²) >= 11 is 0. The third kappa shape index (κ3) is 3.07. The molecular weight excluding hydrogens is 310 g/mol. The fourth-order valence-corrected chi connectivity index (χ4v) is 3.14. The normalized spacial score (nSPS) is 11.5. The predicted octanol–water partition coefficient (Wildman–Crippen LogP) is 5.39. The molecule has 4 nitrogen and oxygen atoms in total. The van der Waals surface area contributed by atoms with Crippen LogP contribution < -0.4 is 0 Å². The third-order valence-corrected chi connectivity index (χ3v) is 4.44. The van der Waals surface area contributed by atoms with Crippen molar-refractivity contribution in [3.8, 4) is 22.9 Å². The maximum atomic E-state index is 5.92. The molecular formula is C21H21N3O. The summed E-state index contributed by atoms with van der Waals surface area (Å²) in [5, 5.41) is 9.60. The number of hydrogen-bond acceptors (Lipinski definition) is 3. The van der Waals surface area contributed by atoms with E-state index in [1.807, 2.05) is 24.4 Å². The van der Waals surface area contributed by atoms with Crippen molar-refractivity contribution >= 4 is 10.9 Å². The molecule has 0 spiro atoms. The lowest BCUT2D eigenvalue weighted by molar-refractivity contribution is 0.584. The number of aromatic nitrogens is 3. The molecule has 4 rings (SSSR count). The Kier molecular flexibility index (Phi) is 3.88. The lowest BCUT2D eigenvalue weighted by Crippen LogP contribution is -1.97. The maximum absolute atomic E-state index is 5.92. The maximum Gasteiger partial charge on any atom is 0.248 e. The summed E-state index contributed by atoms with van der Waals surface area (Å²) in [6.45, 7) is 6.61. The molecule has 4 heteroatoms. The summed E-state index contributed by atoms with van der Waals surface area (Å²) in [5.41, 5.74) is 5.63. The highest BCUT2D eigenvalue weighted by Gasteiger charge is 2.12. The van der Waals surface area contributed by atoms with Gasteiger partial charge in [-0.1, -0.05) is 19.9 Å². The number of nitrogens with zero attached hydrogens (tertiary/aromatic N) is 2. The minimum Gasteiger partial charge on any atom is -0.416 e. The Morgan fingerprint density at radius 1 is 0.960 bits per heavy atom. The average Bonchev–Trinajstić information content (AvgIpc) is 3.24. The van der Waals surface area contributed by atoms with E-state index in [-0.39, 0.29) is 0 Å². The molecule has 0 bridgehead atoms. The van der Waals surface area contributed by atoms with Gasteiger partial charge in [-0.05, 0) is 66.8 Å². The molecule has 2 aromatic heterocycles. The van der Waals surface area contributed by atoms with Crippen LogP contribution in [0.4, 0.5) is 0 Å². The van der Waals surface area contributed by atoms with Crippen molar-refractivity contribution < 1.29 is 4.42 Å². The number of fused-ring (bicyclic) bond motifs is 1. The summed E-state index contributed by atoms with van der Waals surface area (Å²) in [5.74, 6) is 1.74. The van der Waals surface area contributed by atoms with Crippen LogP contribution in [-0.4, -0.2) is 15.2 Å². The molecule has 0 radical (unpaired) electrons. The first-order valence-corrected chi connectivity index (χ1v) is 8.61. The van der Waals surface area contributed by atoms with Crippen molar-refractivity contribution in [1.29, 1.82) is 0 Å². The SMILES string of the molecule is Cc1cc(-c2nnc(-c3ccc4[nH]ccc4c3)o2)ccc1CC(C)C. The first kappa shape index (κ1) is 15.6. The van der Waals surface area contributed by atoms with E-state index < -0.39 is 0 Å². The molecule has 0 saturated heterocycles. The molecule has 0 aliphatic rings.